The van der Waals surface area contributed by atoms with Gasteiger partial charge in [-0.25, -0.2) is 0 Å². The molecule has 86 valence electrons. The van der Waals surface area contributed by atoms with Gasteiger partial charge in [0.25, 0.3) is 0 Å². The number of hydrogen-bond donors (Lipinski definition) is 1. The summed E-state index contributed by atoms with van der Waals surface area (Å²) >= 11 is 9.10. The third-order valence-corrected chi connectivity index (χ3v) is 3.52. The molecule has 0 aromatic heterocycles. The normalized spacial score (nSPS) is 10.2. The molecule has 2 aromatic rings. The molecule has 0 unspecified atom stereocenters. The van der Waals surface area contributed by atoms with E-state index in [0.29, 0.717) is 26.3 Å². The summed E-state index contributed by atoms with van der Waals surface area (Å²) in [6.07, 6.45) is 0. The van der Waals surface area contributed by atoms with Gasteiger partial charge in [0.15, 0.2) is 5.78 Å². The van der Waals surface area contributed by atoms with Crippen LogP contribution in [0.15, 0.2) is 46.9 Å². The minimum Gasteiger partial charge on any atom is -0.398 e. The van der Waals surface area contributed by atoms with E-state index in [1.165, 1.54) is 0 Å². The predicted molar refractivity (Wildman–Crippen MR) is 73.4 cm³/mol. The van der Waals surface area contributed by atoms with Gasteiger partial charge in [-0.15, -0.1) is 0 Å². The Labute approximate surface area is 113 Å². The van der Waals surface area contributed by atoms with Crippen LogP contribution in [0.3, 0.4) is 0 Å². The SMILES string of the molecule is Nc1cccc(C(=O)c2ccc(Cl)cc2)c1Br. The molecule has 2 nitrogen and oxygen atoms in total. The maximum atomic E-state index is 12.2. The highest BCUT2D eigenvalue weighted by atomic mass is 79.9. The van der Waals surface area contributed by atoms with E-state index in [0.717, 1.165) is 0 Å². The molecular weight excluding hydrogens is 302 g/mol. The van der Waals surface area contributed by atoms with Crippen LogP contribution in [0.2, 0.25) is 5.02 Å². The van der Waals surface area contributed by atoms with Crippen LogP contribution in [-0.2, 0) is 0 Å². The van der Waals surface area contributed by atoms with Crippen molar-refractivity contribution >= 4 is 39.0 Å². The summed E-state index contributed by atoms with van der Waals surface area (Å²) in [4.78, 5) is 12.2. The molecule has 2 N–H and O–H groups in total. The van der Waals surface area contributed by atoms with E-state index in [1.807, 2.05) is 0 Å². The van der Waals surface area contributed by atoms with E-state index in [2.05, 4.69) is 15.9 Å². The van der Waals surface area contributed by atoms with Crippen LogP contribution >= 0.6 is 27.5 Å². The lowest BCUT2D eigenvalue weighted by Gasteiger charge is -2.06. The first-order valence-electron chi connectivity index (χ1n) is 4.94. The highest BCUT2D eigenvalue weighted by Gasteiger charge is 2.13. The van der Waals surface area contributed by atoms with Gasteiger partial charge in [0, 0.05) is 21.8 Å². The quantitative estimate of drug-likeness (QED) is 0.675. The van der Waals surface area contributed by atoms with Crippen LogP contribution in [0.4, 0.5) is 5.69 Å². The Morgan fingerprint density at radius 3 is 2.41 bits per heavy atom. The van der Waals surface area contributed by atoms with E-state index < -0.39 is 0 Å². The minimum atomic E-state index is -0.0826. The molecule has 0 fully saturated rings. The van der Waals surface area contributed by atoms with Crippen molar-refractivity contribution in [1.29, 1.82) is 0 Å². The molecule has 0 heterocycles. The van der Waals surface area contributed by atoms with Crippen LogP contribution in [0.25, 0.3) is 0 Å². The Kier molecular flexibility index (Phi) is 3.50. The van der Waals surface area contributed by atoms with Crippen LogP contribution in [0.5, 0.6) is 0 Å². The lowest BCUT2D eigenvalue weighted by molar-refractivity contribution is 0.103. The van der Waals surface area contributed by atoms with E-state index in [9.17, 15) is 4.79 Å². The number of halogens is 2. The third kappa shape index (κ3) is 2.51. The zero-order valence-corrected chi connectivity index (χ0v) is 11.1. The van der Waals surface area contributed by atoms with Crippen molar-refractivity contribution in [3.8, 4) is 0 Å². The Balaban J connectivity index is 2.44. The van der Waals surface area contributed by atoms with Crippen LogP contribution in [0.1, 0.15) is 15.9 Å². The fraction of sp³-hybridized carbons (Fsp3) is 0. The highest BCUT2D eigenvalue weighted by molar-refractivity contribution is 9.10. The number of rotatable bonds is 2. The molecule has 0 aliphatic carbocycles. The fourth-order valence-electron chi connectivity index (χ4n) is 1.48. The van der Waals surface area contributed by atoms with Gasteiger partial charge in [-0.1, -0.05) is 17.7 Å². The molecule has 2 aromatic carbocycles. The average Bonchev–Trinajstić information content (AvgIpc) is 2.33. The van der Waals surface area contributed by atoms with Crippen LogP contribution in [-0.4, -0.2) is 5.78 Å². The molecule has 0 amide bonds. The van der Waals surface area contributed by atoms with Gasteiger partial charge >= 0.3 is 0 Å². The molecule has 4 heteroatoms. The van der Waals surface area contributed by atoms with Crippen molar-refractivity contribution in [1.82, 2.24) is 0 Å². The van der Waals surface area contributed by atoms with Gasteiger partial charge in [0.05, 0.1) is 4.47 Å². The number of benzene rings is 2. The second-order valence-electron chi connectivity index (χ2n) is 3.54. The number of ketones is 1. The van der Waals surface area contributed by atoms with Crippen molar-refractivity contribution in [3.05, 3.63) is 63.1 Å². The molecule has 0 aliphatic rings. The van der Waals surface area contributed by atoms with Gasteiger partial charge in [0.2, 0.25) is 0 Å². The van der Waals surface area contributed by atoms with Crippen LogP contribution < -0.4 is 5.73 Å². The molecule has 0 atom stereocenters. The Morgan fingerprint density at radius 2 is 1.76 bits per heavy atom. The minimum absolute atomic E-state index is 0.0826. The van der Waals surface area contributed by atoms with E-state index in [-0.39, 0.29) is 5.78 Å². The Morgan fingerprint density at radius 1 is 1.12 bits per heavy atom. The summed E-state index contributed by atoms with van der Waals surface area (Å²) in [6.45, 7) is 0. The fourth-order valence-corrected chi connectivity index (χ4v) is 2.05. The molecule has 0 saturated carbocycles. The molecule has 2 rings (SSSR count). The van der Waals surface area contributed by atoms with E-state index >= 15 is 0 Å². The largest absolute Gasteiger partial charge is 0.398 e. The first-order valence-corrected chi connectivity index (χ1v) is 6.11. The van der Waals surface area contributed by atoms with E-state index in [1.54, 1.807) is 42.5 Å². The Hall–Kier alpha value is -1.32. The third-order valence-electron chi connectivity index (χ3n) is 2.38. The van der Waals surface area contributed by atoms with Crippen molar-refractivity contribution in [2.75, 3.05) is 5.73 Å². The number of nitrogens with two attached hydrogens (primary N) is 1. The average molecular weight is 311 g/mol. The highest BCUT2D eigenvalue weighted by Crippen LogP contribution is 2.26. The summed E-state index contributed by atoms with van der Waals surface area (Å²) < 4.78 is 0.625. The molecule has 0 aliphatic heterocycles. The number of nitrogen functional groups attached to an aromatic ring is 1. The van der Waals surface area contributed by atoms with Gasteiger partial charge in [-0.2, -0.15) is 0 Å². The lowest BCUT2D eigenvalue weighted by atomic mass is 10.0. The van der Waals surface area contributed by atoms with Gasteiger partial charge in [-0.05, 0) is 52.3 Å². The number of carbonyl (C=O) groups excluding carboxylic acids is 1. The molecule has 17 heavy (non-hydrogen) atoms. The Bertz CT molecular complexity index is 566. The first kappa shape index (κ1) is 12.1. The maximum Gasteiger partial charge on any atom is 0.194 e. The monoisotopic (exact) mass is 309 g/mol. The summed E-state index contributed by atoms with van der Waals surface area (Å²) in [5.41, 5.74) is 7.42. The molecule has 0 spiro atoms. The maximum absolute atomic E-state index is 12.2. The second kappa shape index (κ2) is 4.90. The van der Waals surface area contributed by atoms with Crippen molar-refractivity contribution in [3.63, 3.8) is 0 Å². The summed E-state index contributed by atoms with van der Waals surface area (Å²) in [5.74, 6) is -0.0826. The van der Waals surface area contributed by atoms with Crippen molar-refractivity contribution < 1.29 is 4.79 Å². The smallest absolute Gasteiger partial charge is 0.194 e. The zero-order chi connectivity index (χ0) is 12.4. The standard InChI is InChI=1S/C13H9BrClNO/c14-12-10(2-1-3-11(12)16)13(17)8-4-6-9(15)7-5-8/h1-7H,16H2. The predicted octanol–water partition coefficient (Wildman–Crippen LogP) is 3.92. The number of hydrogen-bond acceptors (Lipinski definition) is 2. The van der Waals surface area contributed by atoms with Crippen LogP contribution in [0, 0.1) is 0 Å². The van der Waals surface area contributed by atoms with Gasteiger partial charge in [-0.3, -0.25) is 4.79 Å². The molecule has 0 radical (unpaired) electrons. The molecule has 0 bridgehead atoms. The molecular formula is C13H9BrClNO. The van der Waals surface area contributed by atoms with Crippen molar-refractivity contribution in [2.24, 2.45) is 0 Å². The number of anilines is 1. The summed E-state index contributed by atoms with van der Waals surface area (Å²) in [6, 6.07) is 12.0. The molecule has 0 saturated heterocycles. The van der Waals surface area contributed by atoms with Gasteiger partial charge in [0.1, 0.15) is 0 Å². The second-order valence-corrected chi connectivity index (χ2v) is 4.77. The van der Waals surface area contributed by atoms with Crippen molar-refractivity contribution in [2.45, 2.75) is 0 Å². The van der Waals surface area contributed by atoms with Gasteiger partial charge < -0.3 is 5.73 Å². The first-order chi connectivity index (χ1) is 8.09. The zero-order valence-electron chi connectivity index (χ0n) is 8.78. The summed E-state index contributed by atoms with van der Waals surface area (Å²) in [5, 5.41) is 0.605. The topological polar surface area (TPSA) is 43.1 Å². The van der Waals surface area contributed by atoms with E-state index in [4.69, 9.17) is 17.3 Å². The summed E-state index contributed by atoms with van der Waals surface area (Å²) in [7, 11) is 0. The number of carbonyl (C=O) groups is 1. The lowest BCUT2D eigenvalue weighted by Crippen LogP contribution is -2.03.